The fourth-order valence-electron chi connectivity index (χ4n) is 4.47. The average molecular weight is 222 g/mol. The minimum atomic E-state index is 0.908. The summed E-state index contributed by atoms with van der Waals surface area (Å²) in [5.41, 5.74) is 0. The van der Waals surface area contributed by atoms with Crippen molar-refractivity contribution in [2.75, 3.05) is 0 Å². The number of hydrogen-bond acceptors (Lipinski definition) is 0. The zero-order chi connectivity index (χ0) is 11.7. The van der Waals surface area contributed by atoms with Gasteiger partial charge in [0.1, 0.15) is 0 Å². The predicted octanol–water partition coefficient (Wildman–Crippen LogP) is 5.13. The molecule has 0 saturated heterocycles. The molecule has 4 atom stereocenters. The first-order chi connectivity index (χ1) is 7.59. The minimum Gasteiger partial charge on any atom is -0.0625 e. The van der Waals surface area contributed by atoms with Crippen molar-refractivity contribution in [1.29, 1.82) is 0 Å². The van der Waals surface area contributed by atoms with Crippen LogP contribution in [0.4, 0.5) is 0 Å². The molecule has 2 rings (SSSR count). The number of rotatable bonds is 3. The van der Waals surface area contributed by atoms with Crippen LogP contribution in [-0.4, -0.2) is 0 Å². The van der Waals surface area contributed by atoms with E-state index in [1.54, 1.807) is 0 Å². The number of hydrogen-bond donors (Lipinski definition) is 0. The summed E-state index contributed by atoms with van der Waals surface area (Å²) in [6.07, 6.45) is 9.06. The third-order valence-corrected chi connectivity index (χ3v) is 5.46. The highest BCUT2D eigenvalue weighted by atomic mass is 14.4. The van der Waals surface area contributed by atoms with E-state index in [1.807, 2.05) is 0 Å². The van der Waals surface area contributed by atoms with Gasteiger partial charge in [0, 0.05) is 0 Å². The molecule has 2 fully saturated rings. The summed E-state index contributed by atoms with van der Waals surface area (Å²) >= 11 is 0. The first-order valence-electron chi connectivity index (χ1n) is 7.59. The third kappa shape index (κ3) is 2.46. The van der Waals surface area contributed by atoms with Crippen LogP contribution in [0.1, 0.15) is 66.2 Å². The zero-order valence-corrected chi connectivity index (χ0v) is 11.7. The molecule has 0 aromatic rings. The second kappa shape index (κ2) is 5.10. The van der Waals surface area contributed by atoms with Gasteiger partial charge in [0.05, 0.1) is 0 Å². The Hall–Kier alpha value is 0. The van der Waals surface area contributed by atoms with Gasteiger partial charge in [0.15, 0.2) is 0 Å². The van der Waals surface area contributed by atoms with E-state index in [2.05, 4.69) is 27.7 Å². The lowest BCUT2D eigenvalue weighted by atomic mass is 9.59. The highest BCUT2D eigenvalue weighted by Crippen LogP contribution is 2.48. The molecular weight excluding hydrogens is 192 g/mol. The highest BCUT2D eigenvalue weighted by molar-refractivity contribution is 4.89. The van der Waals surface area contributed by atoms with Crippen molar-refractivity contribution in [1.82, 2.24) is 0 Å². The van der Waals surface area contributed by atoms with Gasteiger partial charge >= 0.3 is 0 Å². The van der Waals surface area contributed by atoms with Crippen LogP contribution >= 0.6 is 0 Å². The normalized spacial score (nSPS) is 38.4. The Balaban J connectivity index is 2.01. The summed E-state index contributed by atoms with van der Waals surface area (Å²) in [5, 5.41) is 0. The van der Waals surface area contributed by atoms with E-state index in [-0.39, 0.29) is 0 Å². The summed E-state index contributed by atoms with van der Waals surface area (Å²) in [4.78, 5) is 0. The van der Waals surface area contributed by atoms with Crippen LogP contribution in [0.5, 0.6) is 0 Å². The first kappa shape index (κ1) is 12.5. The Bertz CT molecular complexity index is 214. The van der Waals surface area contributed by atoms with Crippen molar-refractivity contribution in [3.8, 4) is 0 Å². The Morgan fingerprint density at radius 2 is 1.62 bits per heavy atom. The van der Waals surface area contributed by atoms with Crippen molar-refractivity contribution >= 4 is 0 Å². The van der Waals surface area contributed by atoms with E-state index >= 15 is 0 Å². The maximum Gasteiger partial charge on any atom is -0.0332 e. The average Bonchev–Trinajstić information content (AvgIpc) is 2.11. The lowest BCUT2D eigenvalue weighted by Gasteiger charge is -2.46. The predicted molar refractivity (Wildman–Crippen MR) is 71.3 cm³/mol. The van der Waals surface area contributed by atoms with E-state index in [0.29, 0.717) is 0 Å². The molecule has 2 saturated carbocycles. The largest absolute Gasteiger partial charge is 0.0625 e. The molecule has 0 amide bonds. The third-order valence-electron chi connectivity index (χ3n) is 5.46. The van der Waals surface area contributed by atoms with Crippen LogP contribution < -0.4 is 0 Å². The summed E-state index contributed by atoms with van der Waals surface area (Å²) in [6.45, 7) is 9.90. The topological polar surface area (TPSA) is 0 Å². The smallest absolute Gasteiger partial charge is 0.0332 e. The van der Waals surface area contributed by atoms with Gasteiger partial charge in [-0.2, -0.15) is 0 Å². The molecule has 0 heteroatoms. The standard InChI is InChI=1S/C16H30/c1-11(2)16(14-6-5-7-14)15-9-8-12(3)10-13(15)4/h11-16H,5-10H2,1-4H3/t12-,13?,15?,16?/m1/s1. The van der Waals surface area contributed by atoms with Gasteiger partial charge in [0.2, 0.25) is 0 Å². The quantitative estimate of drug-likeness (QED) is 0.621. The van der Waals surface area contributed by atoms with Gasteiger partial charge in [-0.3, -0.25) is 0 Å². The maximum absolute atomic E-state index is 2.52. The molecule has 0 aromatic heterocycles. The van der Waals surface area contributed by atoms with E-state index < -0.39 is 0 Å². The van der Waals surface area contributed by atoms with Gasteiger partial charge in [-0.05, 0) is 48.3 Å². The first-order valence-corrected chi connectivity index (χ1v) is 7.59. The Labute approximate surface area is 102 Å². The van der Waals surface area contributed by atoms with Gasteiger partial charge in [-0.1, -0.05) is 53.4 Å². The summed E-state index contributed by atoms with van der Waals surface area (Å²) < 4.78 is 0. The zero-order valence-electron chi connectivity index (χ0n) is 11.7. The molecule has 2 aliphatic carbocycles. The van der Waals surface area contributed by atoms with Crippen molar-refractivity contribution in [2.45, 2.75) is 66.2 Å². The van der Waals surface area contributed by atoms with Crippen LogP contribution in [-0.2, 0) is 0 Å². The van der Waals surface area contributed by atoms with Crippen molar-refractivity contribution in [3.05, 3.63) is 0 Å². The van der Waals surface area contributed by atoms with Crippen molar-refractivity contribution < 1.29 is 0 Å². The Morgan fingerprint density at radius 1 is 0.938 bits per heavy atom. The van der Waals surface area contributed by atoms with Gasteiger partial charge < -0.3 is 0 Å². The fourth-order valence-corrected chi connectivity index (χ4v) is 4.47. The molecule has 16 heavy (non-hydrogen) atoms. The van der Waals surface area contributed by atoms with E-state index in [9.17, 15) is 0 Å². The summed E-state index contributed by atoms with van der Waals surface area (Å²) in [5.74, 6) is 6.04. The molecule has 0 radical (unpaired) electrons. The van der Waals surface area contributed by atoms with E-state index in [1.165, 1.54) is 38.5 Å². The van der Waals surface area contributed by atoms with Gasteiger partial charge in [0.25, 0.3) is 0 Å². The summed E-state index contributed by atoms with van der Waals surface area (Å²) in [7, 11) is 0. The van der Waals surface area contributed by atoms with Crippen LogP contribution in [0.3, 0.4) is 0 Å². The lowest BCUT2D eigenvalue weighted by Crippen LogP contribution is -2.37. The Morgan fingerprint density at radius 3 is 2.06 bits per heavy atom. The van der Waals surface area contributed by atoms with Gasteiger partial charge in [-0.25, -0.2) is 0 Å². The Kier molecular flexibility index (Phi) is 3.97. The van der Waals surface area contributed by atoms with Crippen molar-refractivity contribution in [2.24, 2.45) is 35.5 Å². The monoisotopic (exact) mass is 222 g/mol. The fraction of sp³-hybridized carbons (Fsp3) is 1.00. The highest BCUT2D eigenvalue weighted by Gasteiger charge is 2.39. The van der Waals surface area contributed by atoms with Gasteiger partial charge in [-0.15, -0.1) is 0 Å². The second-order valence-electron chi connectivity index (χ2n) is 7.07. The molecule has 0 spiro atoms. The maximum atomic E-state index is 2.52. The molecule has 3 unspecified atom stereocenters. The van der Waals surface area contributed by atoms with Crippen molar-refractivity contribution in [3.63, 3.8) is 0 Å². The minimum absolute atomic E-state index is 0.908. The molecule has 0 aromatic carbocycles. The molecule has 0 bridgehead atoms. The molecular formula is C16H30. The molecule has 0 aliphatic heterocycles. The van der Waals surface area contributed by atoms with E-state index in [4.69, 9.17) is 0 Å². The van der Waals surface area contributed by atoms with E-state index in [0.717, 1.165) is 35.5 Å². The molecule has 0 nitrogen and oxygen atoms in total. The lowest BCUT2D eigenvalue weighted by molar-refractivity contribution is 0.0369. The summed E-state index contributed by atoms with van der Waals surface area (Å²) in [6, 6.07) is 0. The van der Waals surface area contributed by atoms with Crippen LogP contribution in [0.2, 0.25) is 0 Å². The second-order valence-corrected chi connectivity index (χ2v) is 7.07. The molecule has 0 N–H and O–H groups in total. The van der Waals surface area contributed by atoms with Crippen LogP contribution in [0, 0.1) is 35.5 Å². The molecule has 94 valence electrons. The van der Waals surface area contributed by atoms with Crippen LogP contribution in [0.15, 0.2) is 0 Å². The molecule has 2 aliphatic rings. The SMILES string of the molecule is CC(C)C(C1CCC1)C1CC[C@@H](C)CC1C. The molecule has 0 heterocycles. The van der Waals surface area contributed by atoms with Crippen LogP contribution in [0.25, 0.3) is 0 Å².